The number of nitrogens with zero attached hydrogens (tertiary/aromatic N) is 7. The maximum atomic E-state index is 14.6. The third-order valence-electron chi connectivity index (χ3n) is 6.47. The Morgan fingerprint density at radius 2 is 1.63 bits per heavy atom. The first-order valence-electron chi connectivity index (χ1n) is 11.0. The molecule has 0 aliphatic carbocycles. The van der Waals surface area contributed by atoms with Gasteiger partial charge in [0.1, 0.15) is 5.82 Å². The molecule has 1 atom stereocenters. The van der Waals surface area contributed by atoms with Crippen LogP contribution in [0.1, 0.15) is 16.8 Å². The minimum atomic E-state index is -1.53. The van der Waals surface area contributed by atoms with Gasteiger partial charge in [-0.15, -0.1) is 0 Å². The van der Waals surface area contributed by atoms with Crippen molar-refractivity contribution in [3.63, 3.8) is 0 Å². The molecule has 3 aromatic carbocycles. The highest BCUT2D eigenvalue weighted by atomic mass is 19.1. The van der Waals surface area contributed by atoms with Crippen LogP contribution in [0.5, 0.6) is 0 Å². The van der Waals surface area contributed by atoms with Gasteiger partial charge < -0.3 is 5.32 Å². The Kier molecular flexibility index (Phi) is 3.82. The molecule has 0 fully saturated rings. The van der Waals surface area contributed by atoms with E-state index in [0.29, 0.717) is 34.3 Å². The molecule has 1 amide bonds. The highest BCUT2D eigenvalue weighted by Crippen LogP contribution is 2.54. The van der Waals surface area contributed by atoms with Gasteiger partial charge in [0.05, 0.1) is 22.6 Å². The number of carbonyl (C=O) groups excluding carboxylic acids is 1. The molecule has 0 saturated heterocycles. The highest BCUT2D eigenvalue weighted by molar-refractivity contribution is 6.14. The number of halogens is 1. The van der Waals surface area contributed by atoms with Crippen LogP contribution in [0, 0.1) is 12.7 Å². The van der Waals surface area contributed by atoms with E-state index in [1.807, 2.05) is 67.6 Å². The van der Waals surface area contributed by atoms with Crippen LogP contribution in [0.25, 0.3) is 5.69 Å². The summed E-state index contributed by atoms with van der Waals surface area (Å²) < 4.78 is 16.3. The fourth-order valence-corrected chi connectivity index (χ4v) is 5.01. The van der Waals surface area contributed by atoms with E-state index in [0.717, 1.165) is 11.4 Å². The Morgan fingerprint density at radius 1 is 0.914 bits per heavy atom. The second-order valence-electron chi connectivity index (χ2n) is 8.44. The molecule has 35 heavy (non-hydrogen) atoms. The summed E-state index contributed by atoms with van der Waals surface area (Å²) in [5.74, 6) is -0.0702. The van der Waals surface area contributed by atoms with Crippen LogP contribution in [0.4, 0.5) is 21.6 Å². The standard InChI is InChI=1S/C25H17FN8O/c1-15-21-22(32(29-15)17-8-4-2-5-9-17)28-24-33(18-10-6-3-7-11-18)30-31-34(24)25(21)19-14-16(26)12-13-20(19)27-23(25)35/h2-14H,1H3,(H,27,35). The first-order valence-corrected chi connectivity index (χ1v) is 11.0. The van der Waals surface area contributed by atoms with Crippen LogP contribution in [0.2, 0.25) is 0 Å². The summed E-state index contributed by atoms with van der Waals surface area (Å²) in [6.07, 6.45) is 0. The number of hydrogen-bond acceptors (Lipinski definition) is 7. The molecule has 7 rings (SSSR count). The van der Waals surface area contributed by atoms with Gasteiger partial charge >= 0.3 is 0 Å². The van der Waals surface area contributed by atoms with Gasteiger partial charge in [-0.25, -0.2) is 9.07 Å². The molecule has 9 nitrogen and oxygen atoms in total. The van der Waals surface area contributed by atoms with Gasteiger partial charge in [-0.3, -0.25) is 4.79 Å². The number of aryl methyl sites for hydroxylation is 1. The molecule has 1 N–H and O–H groups in total. The van der Waals surface area contributed by atoms with Crippen molar-refractivity contribution in [1.82, 2.24) is 14.8 Å². The zero-order valence-electron chi connectivity index (χ0n) is 18.4. The lowest BCUT2D eigenvalue weighted by Gasteiger charge is -2.37. The zero-order chi connectivity index (χ0) is 23.7. The molecule has 0 saturated carbocycles. The van der Waals surface area contributed by atoms with Crippen molar-refractivity contribution in [2.24, 2.45) is 15.4 Å². The minimum Gasteiger partial charge on any atom is -0.323 e. The summed E-state index contributed by atoms with van der Waals surface area (Å²) in [5, 5.41) is 19.4. The average Bonchev–Trinajstić information content (AvgIpc) is 3.54. The topological polar surface area (TPSA) is 90.5 Å². The number of para-hydroxylation sites is 2. The van der Waals surface area contributed by atoms with E-state index >= 15 is 0 Å². The number of guanidine groups is 1. The number of nitrogens with one attached hydrogen (secondary N) is 1. The van der Waals surface area contributed by atoms with Crippen LogP contribution in [-0.2, 0) is 10.3 Å². The fourth-order valence-electron chi connectivity index (χ4n) is 5.01. The molecule has 3 aliphatic rings. The van der Waals surface area contributed by atoms with Crippen molar-refractivity contribution in [3.8, 4) is 5.69 Å². The molecule has 3 aliphatic heterocycles. The van der Waals surface area contributed by atoms with Gasteiger partial charge in [0.25, 0.3) is 11.9 Å². The number of fused-ring (bicyclic) bond motifs is 6. The molecule has 0 radical (unpaired) electrons. The molecule has 10 heteroatoms. The molecular weight excluding hydrogens is 447 g/mol. The quantitative estimate of drug-likeness (QED) is 0.469. The van der Waals surface area contributed by atoms with Crippen LogP contribution >= 0.6 is 0 Å². The van der Waals surface area contributed by atoms with E-state index in [4.69, 9.17) is 10.1 Å². The lowest BCUT2D eigenvalue weighted by atomic mass is 9.82. The van der Waals surface area contributed by atoms with E-state index in [9.17, 15) is 9.18 Å². The molecule has 0 bridgehead atoms. The lowest BCUT2D eigenvalue weighted by Crippen LogP contribution is -2.54. The summed E-state index contributed by atoms with van der Waals surface area (Å²) in [5.41, 5.74) is 2.00. The van der Waals surface area contributed by atoms with Gasteiger partial charge in [-0.2, -0.15) is 20.1 Å². The van der Waals surface area contributed by atoms with E-state index in [2.05, 4.69) is 15.8 Å². The Hall–Kier alpha value is -4.86. The Balaban J connectivity index is 1.56. The molecule has 1 unspecified atom stereocenters. The van der Waals surface area contributed by atoms with Crippen molar-refractivity contribution in [2.75, 3.05) is 10.3 Å². The number of carbonyl (C=O) groups is 1. The minimum absolute atomic E-state index is 0.313. The summed E-state index contributed by atoms with van der Waals surface area (Å²) in [6, 6.07) is 23.2. The number of rotatable bonds is 2. The maximum Gasteiger partial charge on any atom is 0.262 e. The molecule has 1 aromatic heterocycles. The first-order chi connectivity index (χ1) is 17.1. The smallest absolute Gasteiger partial charge is 0.262 e. The van der Waals surface area contributed by atoms with Crippen LogP contribution in [-0.4, -0.2) is 26.7 Å². The molecule has 1 spiro atoms. The maximum absolute atomic E-state index is 14.6. The van der Waals surface area contributed by atoms with Gasteiger partial charge in [-0.05, 0) is 59.8 Å². The van der Waals surface area contributed by atoms with Crippen LogP contribution in [0.15, 0.2) is 94.3 Å². The highest BCUT2D eigenvalue weighted by Gasteiger charge is 2.62. The van der Waals surface area contributed by atoms with Crippen LogP contribution < -0.4 is 10.3 Å². The van der Waals surface area contributed by atoms with Crippen LogP contribution in [0.3, 0.4) is 0 Å². The van der Waals surface area contributed by atoms with Gasteiger partial charge in [0.2, 0.25) is 5.54 Å². The molecule has 170 valence electrons. The Bertz CT molecular complexity index is 1580. The number of aliphatic imine (C=N–C) groups is 1. The van der Waals surface area contributed by atoms with E-state index in [-0.39, 0.29) is 5.91 Å². The van der Waals surface area contributed by atoms with Crippen molar-refractivity contribution in [2.45, 2.75) is 12.5 Å². The molecule has 4 heterocycles. The SMILES string of the molecule is Cc1nn(-c2ccccc2)c2c1C1(C(=O)Nc3ccc(F)cc31)N1N=NN(c3ccccc3)C1=N2. The number of hydrogen-bond donors (Lipinski definition) is 1. The van der Waals surface area contributed by atoms with Crippen molar-refractivity contribution >= 4 is 29.1 Å². The lowest BCUT2D eigenvalue weighted by molar-refractivity contribution is -0.123. The fraction of sp³-hybridized carbons (Fsp3) is 0.0800. The summed E-state index contributed by atoms with van der Waals surface area (Å²) in [7, 11) is 0. The van der Waals surface area contributed by atoms with Gasteiger partial charge in [0, 0.05) is 11.3 Å². The van der Waals surface area contributed by atoms with Crippen molar-refractivity contribution < 1.29 is 9.18 Å². The van der Waals surface area contributed by atoms with E-state index in [1.165, 1.54) is 17.1 Å². The summed E-state index contributed by atoms with van der Waals surface area (Å²) >= 11 is 0. The molecular formula is C25H17FN8O. The largest absolute Gasteiger partial charge is 0.323 e. The third kappa shape index (κ3) is 2.47. The Morgan fingerprint density at radius 3 is 2.37 bits per heavy atom. The number of benzene rings is 3. The molecule has 4 aromatic rings. The second-order valence-corrected chi connectivity index (χ2v) is 8.44. The number of aromatic nitrogens is 2. The normalized spacial score (nSPS) is 19.5. The summed E-state index contributed by atoms with van der Waals surface area (Å²) in [4.78, 5) is 18.8. The van der Waals surface area contributed by atoms with E-state index < -0.39 is 11.4 Å². The predicted octanol–water partition coefficient (Wildman–Crippen LogP) is 4.62. The predicted molar refractivity (Wildman–Crippen MR) is 127 cm³/mol. The van der Waals surface area contributed by atoms with Gasteiger partial charge in [0.15, 0.2) is 5.82 Å². The Labute approximate surface area is 198 Å². The monoisotopic (exact) mass is 464 g/mol. The third-order valence-corrected chi connectivity index (χ3v) is 6.47. The van der Waals surface area contributed by atoms with Crippen molar-refractivity contribution in [1.29, 1.82) is 0 Å². The average molecular weight is 464 g/mol. The first kappa shape index (κ1) is 19.6. The van der Waals surface area contributed by atoms with Gasteiger partial charge in [-0.1, -0.05) is 36.4 Å². The van der Waals surface area contributed by atoms with E-state index in [1.54, 1.807) is 15.8 Å². The van der Waals surface area contributed by atoms with Crippen molar-refractivity contribution in [3.05, 3.63) is 102 Å². The number of amides is 1. The zero-order valence-corrected chi connectivity index (χ0v) is 18.4. The number of anilines is 2. The second kappa shape index (κ2) is 6.83. The summed E-state index contributed by atoms with van der Waals surface area (Å²) in [6.45, 7) is 1.81.